The van der Waals surface area contributed by atoms with Gasteiger partial charge in [0.05, 0.1) is 19.3 Å². The molecule has 0 radical (unpaired) electrons. The predicted molar refractivity (Wildman–Crippen MR) is 148 cm³/mol. The van der Waals surface area contributed by atoms with Crippen LogP contribution in [0.15, 0.2) is 121 Å². The fourth-order valence-electron chi connectivity index (χ4n) is 5.80. The molecule has 0 unspecified atom stereocenters. The van der Waals surface area contributed by atoms with E-state index in [-0.39, 0.29) is 19.6 Å². The summed E-state index contributed by atoms with van der Waals surface area (Å²) in [6.07, 6.45) is 0.283. The maximum Gasteiger partial charge on any atom is 0.242 e. The minimum atomic E-state index is -1.71. The molecule has 4 aromatic carbocycles. The molecule has 196 valence electrons. The Bertz CT molecular complexity index is 1330. The van der Waals surface area contributed by atoms with Crippen molar-refractivity contribution in [3.8, 4) is 0 Å². The second-order valence-electron chi connectivity index (χ2n) is 9.71. The Kier molecular flexibility index (Phi) is 7.39. The quantitative estimate of drug-likeness (QED) is 0.137. The van der Waals surface area contributed by atoms with Crippen LogP contribution >= 0.6 is 0 Å². The lowest BCUT2D eigenvalue weighted by molar-refractivity contribution is -0.193. The number of nitrogens with zero attached hydrogens (tertiary/aromatic N) is 1. The van der Waals surface area contributed by atoms with Crippen molar-refractivity contribution < 1.29 is 19.1 Å². The molecular weight excluding hydrogens is 488 g/mol. The van der Waals surface area contributed by atoms with E-state index in [2.05, 4.69) is 0 Å². The van der Waals surface area contributed by atoms with E-state index in [9.17, 15) is 14.4 Å². The monoisotopic (exact) mass is 518 g/mol. The highest BCUT2D eigenvalue weighted by molar-refractivity contribution is 6.12. The largest absolute Gasteiger partial charge is 0.375 e. The van der Waals surface area contributed by atoms with Gasteiger partial charge in [-0.05, 0) is 22.3 Å². The SMILES string of the molecule is NC(=O)[C@@]1(CC=O)C(=O)N(C(c2ccccc2)(c2ccccc2)c2ccccc2)[C@H]1COCc1ccccc1. The number of nitrogens with two attached hydrogens (primary N) is 1. The first-order valence-electron chi connectivity index (χ1n) is 12.9. The van der Waals surface area contributed by atoms with Crippen LogP contribution < -0.4 is 5.73 Å². The third kappa shape index (κ3) is 4.33. The summed E-state index contributed by atoms with van der Waals surface area (Å²) in [4.78, 5) is 40.9. The van der Waals surface area contributed by atoms with E-state index in [1.54, 1.807) is 4.90 Å². The number of ether oxygens (including phenoxy) is 1. The number of hydrogen-bond acceptors (Lipinski definition) is 4. The summed E-state index contributed by atoms with van der Waals surface area (Å²) in [7, 11) is 0. The number of amides is 2. The fraction of sp³-hybridized carbons (Fsp3) is 0.182. The zero-order valence-corrected chi connectivity index (χ0v) is 21.5. The second kappa shape index (κ2) is 11.1. The van der Waals surface area contributed by atoms with Crippen molar-refractivity contribution in [2.24, 2.45) is 11.1 Å². The first-order valence-corrected chi connectivity index (χ1v) is 12.9. The van der Waals surface area contributed by atoms with Gasteiger partial charge in [0, 0.05) is 6.42 Å². The summed E-state index contributed by atoms with van der Waals surface area (Å²) >= 11 is 0. The van der Waals surface area contributed by atoms with E-state index in [1.165, 1.54) is 0 Å². The number of likely N-dealkylation sites (tertiary alicyclic amines) is 1. The van der Waals surface area contributed by atoms with Crippen LogP contribution in [0, 0.1) is 5.41 Å². The zero-order chi connectivity index (χ0) is 27.3. The molecule has 1 saturated heterocycles. The number of β-lactam (4-membered cyclic amide) rings is 1. The number of hydrogen-bond donors (Lipinski definition) is 1. The van der Waals surface area contributed by atoms with Crippen LogP contribution in [0.5, 0.6) is 0 Å². The van der Waals surface area contributed by atoms with Crippen LogP contribution in [-0.2, 0) is 31.3 Å². The molecule has 0 bridgehead atoms. The van der Waals surface area contributed by atoms with Gasteiger partial charge in [0.15, 0.2) is 5.41 Å². The summed E-state index contributed by atoms with van der Waals surface area (Å²) in [5.41, 5.74) is 6.57. The lowest BCUT2D eigenvalue weighted by atomic mass is 9.62. The molecule has 39 heavy (non-hydrogen) atoms. The number of primary amides is 1. The molecule has 1 fully saturated rings. The van der Waals surface area contributed by atoms with E-state index < -0.39 is 28.8 Å². The summed E-state index contributed by atoms with van der Waals surface area (Å²) in [5, 5.41) is 0. The number of carbonyl (C=O) groups is 3. The molecule has 1 aliphatic rings. The van der Waals surface area contributed by atoms with Crippen molar-refractivity contribution in [2.45, 2.75) is 24.6 Å². The van der Waals surface area contributed by atoms with Crippen LogP contribution in [0.2, 0.25) is 0 Å². The van der Waals surface area contributed by atoms with Gasteiger partial charge in [-0.25, -0.2) is 0 Å². The third-order valence-corrected chi connectivity index (χ3v) is 7.65. The van der Waals surface area contributed by atoms with Crippen LogP contribution in [0.25, 0.3) is 0 Å². The fourth-order valence-corrected chi connectivity index (χ4v) is 5.80. The minimum Gasteiger partial charge on any atom is -0.375 e. The Hall–Kier alpha value is -4.55. The zero-order valence-electron chi connectivity index (χ0n) is 21.5. The Balaban J connectivity index is 1.70. The molecule has 6 heteroatoms. The van der Waals surface area contributed by atoms with E-state index in [4.69, 9.17) is 10.5 Å². The molecule has 6 nitrogen and oxygen atoms in total. The molecule has 5 rings (SSSR count). The molecule has 0 spiro atoms. The molecule has 2 atom stereocenters. The van der Waals surface area contributed by atoms with Crippen LogP contribution in [0.4, 0.5) is 0 Å². The first kappa shape index (κ1) is 26.1. The van der Waals surface area contributed by atoms with Gasteiger partial charge in [0.25, 0.3) is 0 Å². The van der Waals surface area contributed by atoms with Gasteiger partial charge in [0.2, 0.25) is 11.8 Å². The van der Waals surface area contributed by atoms with Gasteiger partial charge in [-0.2, -0.15) is 0 Å². The molecule has 2 N–H and O–H groups in total. The normalized spacial score (nSPS) is 18.8. The number of rotatable bonds is 11. The Morgan fingerprint density at radius 3 is 1.64 bits per heavy atom. The molecule has 1 heterocycles. The topological polar surface area (TPSA) is 89.7 Å². The lowest BCUT2D eigenvalue weighted by Gasteiger charge is -2.61. The summed E-state index contributed by atoms with van der Waals surface area (Å²) < 4.78 is 6.14. The average molecular weight is 519 g/mol. The highest BCUT2D eigenvalue weighted by Crippen LogP contribution is 2.54. The van der Waals surface area contributed by atoms with Crippen molar-refractivity contribution in [2.75, 3.05) is 6.61 Å². The minimum absolute atomic E-state index is 0.0195. The lowest BCUT2D eigenvalue weighted by Crippen LogP contribution is -2.79. The van der Waals surface area contributed by atoms with Crippen molar-refractivity contribution in [1.29, 1.82) is 0 Å². The van der Waals surface area contributed by atoms with Gasteiger partial charge in [-0.3, -0.25) is 9.59 Å². The maximum absolute atomic E-state index is 14.3. The van der Waals surface area contributed by atoms with Gasteiger partial charge in [-0.1, -0.05) is 121 Å². The molecule has 1 aliphatic heterocycles. The molecule has 0 aromatic heterocycles. The number of aldehydes is 1. The van der Waals surface area contributed by atoms with E-state index >= 15 is 0 Å². The number of benzene rings is 4. The molecule has 4 aromatic rings. The van der Waals surface area contributed by atoms with Crippen molar-refractivity contribution in [3.63, 3.8) is 0 Å². The van der Waals surface area contributed by atoms with Crippen molar-refractivity contribution >= 4 is 18.1 Å². The van der Waals surface area contributed by atoms with Crippen LogP contribution in [-0.4, -0.2) is 35.6 Å². The van der Waals surface area contributed by atoms with E-state index in [0.717, 1.165) is 22.3 Å². The third-order valence-electron chi connectivity index (χ3n) is 7.65. The standard InChI is InChI=1S/C33H30N2O4/c34-30(37)32(21-22-36)29(24-39-23-25-13-5-1-6-14-25)35(31(32)38)33(26-15-7-2-8-16-26,27-17-9-3-10-18-27)28-19-11-4-12-20-28/h1-20,22,29H,21,23-24H2,(H2,34,37)/t29-,32-/m0/s1. The molecule has 0 saturated carbocycles. The van der Waals surface area contributed by atoms with Crippen LogP contribution in [0.1, 0.15) is 28.7 Å². The highest BCUT2D eigenvalue weighted by Gasteiger charge is 2.69. The van der Waals surface area contributed by atoms with E-state index in [0.29, 0.717) is 6.29 Å². The van der Waals surface area contributed by atoms with Crippen LogP contribution in [0.3, 0.4) is 0 Å². The molecule has 2 amide bonds. The Morgan fingerprint density at radius 1 is 0.795 bits per heavy atom. The van der Waals surface area contributed by atoms with E-state index in [1.807, 2.05) is 121 Å². The van der Waals surface area contributed by atoms with Gasteiger partial charge < -0.3 is 20.2 Å². The summed E-state index contributed by atoms with van der Waals surface area (Å²) in [6, 6.07) is 38.0. The predicted octanol–water partition coefficient (Wildman–Crippen LogP) is 4.47. The van der Waals surface area contributed by atoms with Gasteiger partial charge >= 0.3 is 0 Å². The number of carbonyl (C=O) groups excluding carboxylic acids is 3. The summed E-state index contributed by atoms with van der Waals surface area (Å²) in [6.45, 7) is 0.302. The molecule has 0 aliphatic carbocycles. The van der Waals surface area contributed by atoms with Crippen molar-refractivity contribution in [1.82, 2.24) is 4.90 Å². The highest BCUT2D eigenvalue weighted by atomic mass is 16.5. The Labute approximate surface area is 228 Å². The van der Waals surface area contributed by atoms with Gasteiger partial charge in [-0.15, -0.1) is 0 Å². The Morgan fingerprint density at radius 2 is 1.23 bits per heavy atom. The second-order valence-corrected chi connectivity index (χ2v) is 9.71. The average Bonchev–Trinajstić information content (AvgIpc) is 2.99. The molecular formula is C33H30N2O4. The smallest absolute Gasteiger partial charge is 0.242 e. The first-order chi connectivity index (χ1) is 19.1. The van der Waals surface area contributed by atoms with Gasteiger partial charge in [0.1, 0.15) is 11.8 Å². The van der Waals surface area contributed by atoms with Crippen molar-refractivity contribution in [3.05, 3.63) is 144 Å². The summed E-state index contributed by atoms with van der Waals surface area (Å²) in [5.74, 6) is -1.32. The maximum atomic E-state index is 14.3.